The fourth-order valence-corrected chi connectivity index (χ4v) is 2.53. The second-order valence-corrected chi connectivity index (χ2v) is 5.53. The summed E-state index contributed by atoms with van der Waals surface area (Å²) in [6.07, 6.45) is 7.95. The van der Waals surface area contributed by atoms with Crippen LogP contribution in [0.25, 0.3) is 0 Å². The van der Waals surface area contributed by atoms with Crippen molar-refractivity contribution in [2.45, 2.75) is 52.1 Å². The summed E-state index contributed by atoms with van der Waals surface area (Å²) in [5.74, 6) is 1.11. The van der Waals surface area contributed by atoms with Crippen LogP contribution in [0, 0.1) is 6.92 Å². The van der Waals surface area contributed by atoms with Crippen LogP contribution in [-0.2, 0) is 19.4 Å². The summed E-state index contributed by atoms with van der Waals surface area (Å²) in [5.41, 5.74) is 8.95. The number of nitrogens with zero attached hydrogens (tertiary/aromatic N) is 2. The van der Waals surface area contributed by atoms with Gasteiger partial charge in [0.15, 0.2) is 0 Å². The van der Waals surface area contributed by atoms with Gasteiger partial charge in [0.05, 0.1) is 0 Å². The van der Waals surface area contributed by atoms with E-state index in [1.807, 2.05) is 12.4 Å². The summed E-state index contributed by atoms with van der Waals surface area (Å²) in [4.78, 5) is 4.43. The topological polar surface area (TPSA) is 43.8 Å². The first-order valence-corrected chi connectivity index (χ1v) is 7.50. The lowest BCUT2D eigenvalue weighted by atomic mass is 10.0. The normalized spacial score (nSPS) is 12.6. The zero-order valence-electron chi connectivity index (χ0n) is 12.5. The lowest BCUT2D eigenvalue weighted by Gasteiger charge is -2.13. The minimum atomic E-state index is 0.175. The van der Waals surface area contributed by atoms with E-state index in [2.05, 4.69) is 47.7 Å². The van der Waals surface area contributed by atoms with E-state index in [0.717, 1.165) is 38.1 Å². The highest BCUT2D eigenvalue weighted by molar-refractivity contribution is 5.22. The van der Waals surface area contributed by atoms with Gasteiger partial charge in [-0.1, -0.05) is 36.8 Å². The van der Waals surface area contributed by atoms with Gasteiger partial charge < -0.3 is 10.3 Å². The second kappa shape index (κ2) is 7.25. The van der Waals surface area contributed by atoms with Crippen LogP contribution in [0.3, 0.4) is 0 Å². The maximum Gasteiger partial charge on any atom is 0.110 e. The minimum Gasteiger partial charge on any atom is -0.335 e. The van der Waals surface area contributed by atoms with Gasteiger partial charge in [-0.05, 0) is 31.7 Å². The van der Waals surface area contributed by atoms with Crippen molar-refractivity contribution >= 4 is 0 Å². The van der Waals surface area contributed by atoms with Crippen molar-refractivity contribution in [2.24, 2.45) is 5.73 Å². The van der Waals surface area contributed by atoms with E-state index >= 15 is 0 Å². The Hall–Kier alpha value is -1.61. The van der Waals surface area contributed by atoms with Crippen LogP contribution in [0.1, 0.15) is 36.7 Å². The maximum absolute atomic E-state index is 6.26. The Kier molecular flexibility index (Phi) is 5.36. The van der Waals surface area contributed by atoms with Gasteiger partial charge in [0, 0.05) is 31.4 Å². The average Bonchev–Trinajstić information content (AvgIpc) is 2.84. The van der Waals surface area contributed by atoms with Gasteiger partial charge in [0.25, 0.3) is 0 Å². The van der Waals surface area contributed by atoms with Crippen LogP contribution in [0.15, 0.2) is 36.7 Å². The van der Waals surface area contributed by atoms with Crippen molar-refractivity contribution in [3.8, 4) is 0 Å². The zero-order valence-corrected chi connectivity index (χ0v) is 12.5. The van der Waals surface area contributed by atoms with Gasteiger partial charge in [-0.15, -0.1) is 0 Å². The predicted molar refractivity (Wildman–Crippen MR) is 83.7 cm³/mol. The summed E-state index contributed by atoms with van der Waals surface area (Å²) in [7, 11) is 0. The number of rotatable bonds is 7. The van der Waals surface area contributed by atoms with Gasteiger partial charge in [0.2, 0.25) is 0 Å². The summed E-state index contributed by atoms with van der Waals surface area (Å²) in [6, 6.07) is 8.84. The zero-order chi connectivity index (χ0) is 14.4. The molecule has 0 spiro atoms. The van der Waals surface area contributed by atoms with Gasteiger partial charge in [-0.25, -0.2) is 4.98 Å². The molecular formula is C17H25N3. The Labute approximate surface area is 121 Å². The summed E-state index contributed by atoms with van der Waals surface area (Å²) < 4.78 is 2.21. The number of nitrogens with two attached hydrogens (primary N) is 1. The van der Waals surface area contributed by atoms with E-state index in [0.29, 0.717) is 0 Å². The third kappa shape index (κ3) is 4.20. The molecule has 3 heteroatoms. The molecule has 1 heterocycles. The van der Waals surface area contributed by atoms with Crippen molar-refractivity contribution in [1.82, 2.24) is 9.55 Å². The number of aryl methyl sites for hydroxylation is 3. The van der Waals surface area contributed by atoms with Gasteiger partial charge in [-0.3, -0.25) is 0 Å². The summed E-state index contributed by atoms with van der Waals surface area (Å²) >= 11 is 0. The fraction of sp³-hybridized carbons (Fsp3) is 0.471. The highest BCUT2D eigenvalue weighted by Crippen LogP contribution is 2.10. The Morgan fingerprint density at radius 1 is 1.35 bits per heavy atom. The molecule has 1 aromatic heterocycles. The van der Waals surface area contributed by atoms with Crippen LogP contribution >= 0.6 is 0 Å². The molecule has 3 nitrogen and oxygen atoms in total. The molecule has 0 saturated heterocycles. The quantitative estimate of drug-likeness (QED) is 0.841. The molecule has 0 aliphatic heterocycles. The number of hydrogen-bond donors (Lipinski definition) is 1. The van der Waals surface area contributed by atoms with Crippen LogP contribution < -0.4 is 5.73 Å². The highest BCUT2D eigenvalue weighted by Gasteiger charge is 2.09. The Morgan fingerprint density at radius 2 is 2.20 bits per heavy atom. The van der Waals surface area contributed by atoms with Crippen LogP contribution in [0.4, 0.5) is 0 Å². The molecule has 0 radical (unpaired) electrons. The van der Waals surface area contributed by atoms with Crippen molar-refractivity contribution in [3.63, 3.8) is 0 Å². The third-order valence-electron chi connectivity index (χ3n) is 3.60. The Balaban J connectivity index is 1.86. The molecule has 0 aliphatic rings. The highest BCUT2D eigenvalue weighted by atomic mass is 15.1. The van der Waals surface area contributed by atoms with Crippen LogP contribution in [0.5, 0.6) is 0 Å². The predicted octanol–water partition coefficient (Wildman–Crippen LogP) is 3.10. The molecular weight excluding hydrogens is 246 g/mol. The first-order valence-electron chi connectivity index (χ1n) is 7.50. The van der Waals surface area contributed by atoms with E-state index in [1.54, 1.807) is 0 Å². The number of benzene rings is 1. The van der Waals surface area contributed by atoms with Crippen LogP contribution in [-0.4, -0.2) is 15.6 Å². The SMILES string of the molecule is CCCn1ccnc1CC(N)CCc1cccc(C)c1. The Bertz CT molecular complexity index is 531. The van der Waals surface area contributed by atoms with E-state index in [4.69, 9.17) is 5.73 Å². The second-order valence-electron chi connectivity index (χ2n) is 5.53. The van der Waals surface area contributed by atoms with Crippen molar-refractivity contribution < 1.29 is 0 Å². The lowest BCUT2D eigenvalue weighted by molar-refractivity contribution is 0.557. The molecule has 1 atom stereocenters. The van der Waals surface area contributed by atoms with Crippen molar-refractivity contribution in [1.29, 1.82) is 0 Å². The average molecular weight is 271 g/mol. The van der Waals surface area contributed by atoms with Gasteiger partial charge in [0.1, 0.15) is 5.82 Å². The Morgan fingerprint density at radius 3 is 2.95 bits per heavy atom. The molecule has 2 rings (SSSR count). The first kappa shape index (κ1) is 14.8. The monoisotopic (exact) mass is 271 g/mol. The van der Waals surface area contributed by atoms with Gasteiger partial charge in [-0.2, -0.15) is 0 Å². The summed E-state index contributed by atoms with van der Waals surface area (Å²) in [6.45, 7) is 5.34. The molecule has 0 bridgehead atoms. The number of imidazole rings is 1. The standard InChI is InChI=1S/C17H25N3/c1-3-10-20-11-9-19-17(20)13-16(18)8-7-15-6-4-5-14(2)12-15/h4-6,9,11-12,16H,3,7-8,10,13,18H2,1-2H3. The van der Waals surface area contributed by atoms with E-state index in [1.165, 1.54) is 11.1 Å². The molecule has 0 saturated carbocycles. The van der Waals surface area contributed by atoms with Crippen molar-refractivity contribution in [2.75, 3.05) is 0 Å². The third-order valence-corrected chi connectivity index (χ3v) is 3.60. The van der Waals surface area contributed by atoms with Gasteiger partial charge >= 0.3 is 0 Å². The molecule has 20 heavy (non-hydrogen) atoms. The molecule has 0 amide bonds. The largest absolute Gasteiger partial charge is 0.335 e. The van der Waals surface area contributed by atoms with E-state index < -0.39 is 0 Å². The summed E-state index contributed by atoms with van der Waals surface area (Å²) in [5, 5.41) is 0. The maximum atomic E-state index is 6.26. The van der Waals surface area contributed by atoms with Crippen molar-refractivity contribution in [3.05, 3.63) is 53.6 Å². The molecule has 2 N–H and O–H groups in total. The molecule has 1 aromatic carbocycles. The molecule has 2 aromatic rings. The number of hydrogen-bond acceptors (Lipinski definition) is 2. The van der Waals surface area contributed by atoms with E-state index in [-0.39, 0.29) is 6.04 Å². The fourth-order valence-electron chi connectivity index (χ4n) is 2.53. The minimum absolute atomic E-state index is 0.175. The molecule has 0 fully saturated rings. The molecule has 108 valence electrons. The molecule has 0 aliphatic carbocycles. The number of aromatic nitrogens is 2. The molecule has 1 unspecified atom stereocenters. The smallest absolute Gasteiger partial charge is 0.110 e. The lowest BCUT2D eigenvalue weighted by Crippen LogP contribution is -2.25. The first-order chi connectivity index (χ1) is 9.69. The van der Waals surface area contributed by atoms with Crippen LogP contribution in [0.2, 0.25) is 0 Å². The van der Waals surface area contributed by atoms with E-state index in [9.17, 15) is 0 Å².